The standard InChI is InChI=1S/C30H33NO4/c1-20(32)18-22(33)19-27(28(34)35-29(2,3)4)31-30(21-12-6-5-7-13-21)25-16-10-8-14-23(25)24-15-9-11-17-26(24)30/h5-17,22,27,31,33H,18-19H2,1-4H3/t22?,27-/m0/s1. The molecule has 3 aromatic carbocycles. The molecule has 1 aliphatic carbocycles. The van der Waals surface area contributed by atoms with Crippen molar-refractivity contribution in [1.29, 1.82) is 0 Å². The van der Waals surface area contributed by atoms with Crippen molar-refractivity contribution < 1.29 is 19.4 Å². The van der Waals surface area contributed by atoms with Gasteiger partial charge in [-0.15, -0.1) is 0 Å². The first-order valence-corrected chi connectivity index (χ1v) is 12.0. The Balaban J connectivity index is 1.88. The topological polar surface area (TPSA) is 75.6 Å². The van der Waals surface area contributed by atoms with Crippen LogP contribution in [0, 0.1) is 0 Å². The van der Waals surface area contributed by atoms with Crippen LogP contribution in [0.15, 0.2) is 78.9 Å². The summed E-state index contributed by atoms with van der Waals surface area (Å²) in [5.74, 6) is -0.591. The molecule has 1 aliphatic rings. The van der Waals surface area contributed by atoms with Crippen LogP contribution in [0.1, 0.15) is 57.2 Å². The average Bonchev–Trinajstić information content (AvgIpc) is 3.09. The second-order valence-corrected chi connectivity index (χ2v) is 10.2. The molecule has 5 nitrogen and oxygen atoms in total. The summed E-state index contributed by atoms with van der Waals surface area (Å²) in [6, 6.07) is 25.5. The zero-order chi connectivity index (χ0) is 25.2. The van der Waals surface area contributed by atoms with E-state index in [0.717, 1.165) is 27.8 Å². The Bertz CT molecular complexity index is 1170. The third kappa shape index (κ3) is 5.07. The number of aliphatic hydroxyl groups excluding tert-OH is 1. The number of rotatable bonds is 8. The Kier molecular flexibility index (Phi) is 6.93. The molecule has 3 aromatic rings. The number of hydrogen-bond acceptors (Lipinski definition) is 5. The van der Waals surface area contributed by atoms with Gasteiger partial charge < -0.3 is 9.84 Å². The first-order valence-electron chi connectivity index (χ1n) is 12.0. The molecule has 0 spiro atoms. The summed E-state index contributed by atoms with van der Waals surface area (Å²) in [5.41, 5.74) is 3.68. The van der Waals surface area contributed by atoms with E-state index in [2.05, 4.69) is 29.6 Å². The number of esters is 1. The van der Waals surface area contributed by atoms with Crippen molar-refractivity contribution in [3.63, 3.8) is 0 Å². The van der Waals surface area contributed by atoms with Crippen molar-refractivity contribution in [3.05, 3.63) is 95.6 Å². The van der Waals surface area contributed by atoms with Gasteiger partial charge in [-0.1, -0.05) is 78.9 Å². The second kappa shape index (κ2) is 9.76. The van der Waals surface area contributed by atoms with Gasteiger partial charge in [0.15, 0.2) is 0 Å². The molecule has 0 radical (unpaired) electrons. The molecule has 182 valence electrons. The maximum atomic E-state index is 13.5. The minimum atomic E-state index is -0.975. The molecule has 0 aromatic heterocycles. The van der Waals surface area contributed by atoms with Gasteiger partial charge in [0.1, 0.15) is 17.4 Å². The van der Waals surface area contributed by atoms with Crippen LogP contribution in [0.3, 0.4) is 0 Å². The number of hydrogen-bond donors (Lipinski definition) is 2. The fraction of sp³-hybridized carbons (Fsp3) is 0.333. The third-order valence-electron chi connectivity index (χ3n) is 6.27. The highest BCUT2D eigenvalue weighted by Crippen LogP contribution is 2.51. The zero-order valence-electron chi connectivity index (χ0n) is 20.7. The summed E-state index contributed by atoms with van der Waals surface area (Å²) in [6.07, 6.45) is -0.947. The highest BCUT2D eigenvalue weighted by Gasteiger charge is 2.47. The van der Waals surface area contributed by atoms with Gasteiger partial charge in [0.05, 0.1) is 11.6 Å². The molecule has 0 saturated heterocycles. The van der Waals surface area contributed by atoms with Gasteiger partial charge in [-0.05, 0) is 61.9 Å². The molecule has 1 unspecified atom stereocenters. The molecule has 5 heteroatoms. The predicted octanol–water partition coefficient (Wildman–Crippen LogP) is 4.99. The monoisotopic (exact) mass is 471 g/mol. The summed E-state index contributed by atoms with van der Waals surface area (Å²) in [4.78, 5) is 25.2. The fourth-order valence-electron chi connectivity index (χ4n) is 5.01. The predicted molar refractivity (Wildman–Crippen MR) is 137 cm³/mol. The van der Waals surface area contributed by atoms with E-state index in [1.807, 2.05) is 75.4 Å². The molecule has 4 rings (SSSR count). The van der Waals surface area contributed by atoms with Crippen molar-refractivity contribution >= 4 is 11.8 Å². The van der Waals surface area contributed by atoms with Gasteiger partial charge in [0.2, 0.25) is 0 Å². The SMILES string of the molecule is CC(=O)CC(O)C[C@H](NC1(c2ccccc2)c2ccccc2-c2ccccc21)C(=O)OC(C)(C)C. The molecule has 0 bridgehead atoms. The highest BCUT2D eigenvalue weighted by atomic mass is 16.6. The van der Waals surface area contributed by atoms with Crippen LogP contribution in [0.2, 0.25) is 0 Å². The summed E-state index contributed by atoms with van der Waals surface area (Å²) in [6.45, 7) is 6.90. The Labute approximate surface area is 207 Å². The summed E-state index contributed by atoms with van der Waals surface area (Å²) < 4.78 is 5.78. The average molecular weight is 472 g/mol. The van der Waals surface area contributed by atoms with Crippen LogP contribution in [0.25, 0.3) is 11.1 Å². The van der Waals surface area contributed by atoms with E-state index in [4.69, 9.17) is 4.74 Å². The Morgan fingerprint density at radius 2 is 1.40 bits per heavy atom. The van der Waals surface area contributed by atoms with E-state index in [0.29, 0.717) is 0 Å². The minimum absolute atomic E-state index is 0.0213. The molecule has 2 atom stereocenters. The quantitative estimate of drug-likeness (QED) is 0.453. The third-order valence-corrected chi connectivity index (χ3v) is 6.27. The Hall–Kier alpha value is -3.28. The van der Waals surface area contributed by atoms with Gasteiger partial charge in [0.25, 0.3) is 0 Å². The first kappa shape index (κ1) is 24.8. The van der Waals surface area contributed by atoms with E-state index in [9.17, 15) is 14.7 Å². The van der Waals surface area contributed by atoms with Crippen LogP contribution in [0.4, 0.5) is 0 Å². The van der Waals surface area contributed by atoms with Crippen molar-refractivity contribution in [1.82, 2.24) is 5.32 Å². The molecule has 0 fully saturated rings. The van der Waals surface area contributed by atoms with Gasteiger partial charge in [-0.25, -0.2) is 0 Å². The van der Waals surface area contributed by atoms with E-state index >= 15 is 0 Å². The first-order chi connectivity index (χ1) is 16.6. The number of fused-ring (bicyclic) bond motifs is 3. The smallest absolute Gasteiger partial charge is 0.323 e. The molecular formula is C30H33NO4. The highest BCUT2D eigenvalue weighted by molar-refractivity contribution is 5.84. The van der Waals surface area contributed by atoms with Crippen molar-refractivity contribution in [3.8, 4) is 11.1 Å². The zero-order valence-corrected chi connectivity index (χ0v) is 20.7. The number of carbonyl (C=O) groups excluding carboxylic acids is 2. The van der Waals surface area contributed by atoms with Gasteiger partial charge in [0, 0.05) is 6.42 Å². The molecule has 2 N–H and O–H groups in total. The number of benzene rings is 3. The lowest BCUT2D eigenvalue weighted by Gasteiger charge is -2.38. The summed E-state index contributed by atoms with van der Waals surface area (Å²) in [7, 11) is 0. The minimum Gasteiger partial charge on any atom is -0.459 e. The summed E-state index contributed by atoms with van der Waals surface area (Å²) >= 11 is 0. The molecule has 35 heavy (non-hydrogen) atoms. The van der Waals surface area contributed by atoms with E-state index in [1.54, 1.807) is 0 Å². The number of ether oxygens (including phenoxy) is 1. The van der Waals surface area contributed by atoms with Gasteiger partial charge in [-0.2, -0.15) is 0 Å². The fourth-order valence-corrected chi connectivity index (χ4v) is 5.01. The van der Waals surface area contributed by atoms with Crippen LogP contribution in [-0.2, 0) is 19.9 Å². The molecule has 0 aliphatic heterocycles. The van der Waals surface area contributed by atoms with Crippen LogP contribution in [0.5, 0.6) is 0 Å². The summed E-state index contributed by atoms with van der Waals surface area (Å²) in [5, 5.41) is 14.3. The lowest BCUT2D eigenvalue weighted by Crippen LogP contribution is -2.54. The number of nitrogens with one attached hydrogen (secondary N) is 1. The molecular weight excluding hydrogens is 438 g/mol. The largest absolute Gasteiger partial charge is 0.459 e. The van der Waals surface area contributed by atoms with E-state index in [-0.39, 0.29) is 18.6 Å². The Morgan fingerprint density at radius 1 is 0.886 bits per heavy atom. The van der Waals surface area contributed by atoms with Gasteiger partial charge in [-0.3, -0.25) is 14.9 Å². The Morgan fingerprint density at radius 3 is 1.91 bits per heavy atom. The van der Waals surface area contributed by atoms with E-state index < -0.39 is 29.3 Å². The van der Waals surface area contributed by atoms with Crippen LogP contribution >= 0.6 is 0 Å². The van der Waals surface area contributed by atoms with Crippen molar-refractivity contribution in [2.24, 2.45) is 0 Å². The second-order valence-electron chi connectivity index (χ2n) is 10.2. The molecule has 0 heterocycles. The number of Topliss-reactive ketones (excluding diaryl/α,β-unsaturated/α-hetero) is 1. The van der Waals surface area contributed by atoms with Crippen molar-refractivity contribution in [2.45, 2.75) is 63.8 Å². The molecule has 0 amide bonds. The maximum Gasteiger partial charge on any atom is 0.323 e. The lowest BCUT2D eigenvalue weighted by molar-refractivity contribution is -0.159. The van der Waals surface area contributed by atoms with Crippen molar-refractivity contribution in [2.75, 3.05) is 0 Å². The normalized spacial score (nSPS) is 15.6. The maximum absolute atomic E-state index is 13.5. The number of carbonyl (C=O) groups is 2. The van der Waals surface area contributed by atoms with Crippen LogP contribution in [-0.4, -0.2) is 34.6 Å². The van der Waals surface area contributed by atoms with Crippen LogP contribution < -0.4 is 5.32 Å². The number of aliphatic hydroxyl groups is 1. The van der Waals surface area contributed by atoms with E-state index in [1.165, 1.54) is 6.92 Å². The number of ketones is 1. The lowest BCUT2D eigenvalue weighted by atomic mass is 9.79. The molecule has 0 saturated carbocycles. The van der Waals surface area contributed by atoms with Gasteiger partial charge >= 0.3 is 5.97 Å².